The molecule has 4 rings (SSSR count). The van der Waals surface area contributed by atoms with E-state index in [-0.39, 0.29) is 5.82 Å². The van der Waals surface area contributed by atoms with Crippen LogP contribution in [0.4, 0.5) is 17.2 Å². The summed E-state index contributed by atoms with van der Waals surface area (Å²) in [5, 5.41) is 12.7. The summed E-state index contributed by atoms with van der Waals surface area (Å²) >= 11 is 0. The van der Waals surface area contributed by atoms with Crippen molar-refractivity contribution in [2.45, 2.75) is 6.92 Å². The van der Waals surface area contributed by atoms with Crippen LogP contribution in [-0.2, 0) is 9.59 Å². The summed E-state index contributed by atoms with van der Waals surface area (Å²) in [6.45, 7) is 1.99. The van der Waals surface area contributed by atoms with Crippen LogP contribution in [0.5, 0.6) is 0 Å². The van der Waals surface area contributed by atoms with E-state index >= 15 is 0 Å². The van der Waals surface area contributed by atoms with Crippen LogP contribution in [0.1, 0.15) is 5.56 Å². The van der Waals surface area contributed by atoms with E-state index in [4.69, 9.17) is 5.73 Å². The maximum atomic E-state index is 12.1. The van der Waals surface area contributed by atoms with Crippen molar-refractivity contribution in [2.75, 3.05) is 16.4 Å². The minimum atomic E-state index is -0.842. The molecule has 1 aromatic carbocycles. The lowest BCUT2D eigenvalue weighted by Gasteiger charge is -2.11. The third-order valence-corrected chi connectivity index (χ3v) is 4.42. The molecule has 0 bridgehead atoms. The molecule has 3 heterocycles. The number of aryl methyl sites for hydroxylation is 1. The predicted octanol–water partition coefficient (Wildman–Crippen LogP) is 2.49. The fourth-order valence-corrected chi connectivity index (χ4v) is 2.96. The van der Waals surface area contributed by atoms with Crippen molar-refractivity contribution >= 4 is 39.8 Å². The lowest BCUT2D eigenvalue weighted by atomic mass is 9.99. The largest absolute Gasteiger partial charge is 0.398 e. The zero-order valence-corrected chi connectivity index (χ0v) is 15.4. The molecule has 4 aromatic rings. The number of nitrogens with zero attached hydrogens (tertiary/aromatic N) is 3. The number of fused-ring (bicyclic) bond motifs is 1. The molecule has 0 aliphatic carbocycles. The SMILES string of the molecule is Cc1ccncc1-c1cc(N)c2cnc(NC(=O)C(=O)Nc3cn[nH]c3)cc2c1. The lowest BCUT2D eigenvalue weighted by molar-refractivity contribution is -0.133. The number of rotatable bonds is 3. The van der Waals surface area contributed by atoms with Crippen LogP contribution in [0, 0.1) is 6.92 Å². The van der Waals surface area contributed by atoms with Gasteiger partial charge in [-0.3, -0.25) is 19.7 Å². The Kier molecular flexibility index (Phi) is 4.62. The Morgan fingerprint density at radius 1 is 1.07 bits per heavy atom. The molecule has 0 aliphatic rings. The number of pyridine rings is 2. The zero-order chi connectivity index (χ0) is 20.4. The summed E-state index contributed by atoms with van der Waals surface area (Å²) in [5.74, 6) is -1.43. The number of nitrogens with one attached hydrogen (secondary N) is 3. The summed E-state index contributed by atoms with van der Waals surface area (Å²) in [4.78, 5) is 32.5. The Bertz CT molecular complexity index is 1220. The molecule has 2 amide bonds. The number of nitrogens with two attached hydrogens (primary N) is 1. The van der Waals surface area contributed by atoms with Gasteiger partial charge in [-0.05, 0) is 47.7 Å². The molecule has 9 nitrogen and oxygen atoms in total. The number of hydrogen-bond acceptors (Lipinski definition) is 6. The number of carbonyl (C=O) groups is 2. The standard InChI is InChI=1S/C20H17N7O2/c1-11-2-3-22-9-15(11)12-4-13-6-18(23-10-16(13)17(21)5-12)27-20(29)19(28)26-14-7-24-25-8-14/h2-10H,21H2,1H3,(H,24,25)(H,26,28)(H,23,27,29). The number of H-pyrrole nitrogens is 1. The van der Waals surface area contributed by atoms with Crippen molar-refractivity contribution in [3.05, 3.63) is 60.8 Å². The maximum absolute atomic E-state index is 12.1. The van der Waals surface area contributed by atoms with Gasteiger partial charge >= 0.3 is 11.8 Å². The minimum absolute atomic E-state index is 0.240. The average molecular weight is 387 g/mol. The third-order valence-electron chi connectivity index (χ3n) is 4.42. The Labute approximate surface area is 165 Å². The molecule has 0 aliphatic heterocycles. The lowest BCUT2D eigenvalue weighted by Crippen LogP contribution is -2.29. The van der Waals surface area contributed by atoms with Gasteiger partial charge in [0.25, 0.3) is 0 Å². The number of benzene rings is 1. The molecule has 0 radical (unpaired) electrons. The first-order chi connectivity index (χ1) is 14.0. The monoisotopic (exact) mass is 387 g/mol. The van der Waals surface area contributed by atoms with Gasteiger partial charge in [0.1, 0.15) is 5.82 Å². The van der Waals surface area contributed by atoms with Crippen molar-refractivity contribution in [3.63, 3.8) is 0 Å². The number of carbonyl (C=O) groups excluding carboxylic acids is 2. The molecule has 0 saturated heterocycles. The first-order valence-electron chi connectivity index (χ1n) is 8.72. The van der Waals surface area contributed by atoms with Crippen LogP contribution < -0.4 is 16.4 Å². The Hall–Kier alpha value is -4.27. The minimum Gasteiger partial charge on any atom is -0.398 e. The summed E-state index contributed by atoms with van der Waals surface area (Å²) in [6, 6.07) is 7.40. The van der Waals surface area contributed by atoms with E-state index in [2.05, 4.69) is 30.8 Å². The van der Waals surface area contributed by atoms with E-state index in [1.54, 1.807) is 24.7 Å². The summed E-state index contributed by atoms with van der Waals surface area (Å²) in [5.41, 5.74) is 10.1. The molecule has 5 N–H and O–H groups in total. The van der Waals surface area contributed by atoms with Crippen LogP contribution in [0.2, 0.25) is 0 Å². The van der Waals surface area contributed by atoms with Gasteiger partial charge in [-0.15, -0.1) is 0 Å². The van der Waals surface area contributed by atoms with Crippen molar-refractivity contribution < 1.29 is 9.59 Å². The fourth-order valence-electron chi connectivity index (χ4n) is 2.96. The molecule has 29 heavy (non-hydrogen) atoms. The molecule has 144 valence electrons. The van der Waals surface area contributed by atoms with Gasteiger partial charge in [-0.25, -0.2) is 4.98 Å². The van der Waals surface area contributed by atoms with Crippen molar-refractivity contribution in [1.82, 2.24) is 20.2 Å². The average Bonchev–Trinajstić information content (AvgIpc) is 3.21. The summed E-state index contributed by atoms with van der Waals surface area (Å²) in [6.07, 6.45) is 7.93. The molecule has 0 unspecified atom stereocenters. The molecule has 0 atom stereocenters. The highest BCUT2D eigenvalue weighted by Crippen LogP contribution is 2.31. The predicted molar refractivity (Wildman–Crippen MR) is 110 cm³/mol. The molecular formula is C20H17N7O2. The smallest absolute Gasteiger partial charge is 0.315 e. The zero-order valence-electron chi connectivity index (χ0n) is 15.4. The van der Waals surface area contributed by atoms with Crippen LogP contribution in [0.15, 0.2) is 55.2 Å². The second-order valence-corrected chi connectivity index (χ2v) is 6.44. The fraction of sp³-hybridized carbons (Fsp3) is 0.0500. The van der Waals surface area contributed by atoms with Gasteiger partial charge in [-0.2, -0.15) is 5.10 Å². The molecule has 9 heteroatoms. The van der Waals surface area contributed by atoms with Crippen LogP contribution in [-0.4, -0.2) is 32.0 Å². The molecular weight excluding hydrogens is 370 g/mol. The number of anilines is 3. The van der Waals surface area contributed by atoms with Gasteiger partial charge in [0.15, 0.2) is 0 Å². The first kappa shape index (κ1) is 18.1. The van der Waals surface area contributed by atoms with Crippen LogP contribution >= 0.6 is 0 Å². The van der Waals surface area contributed by atoms with Gasteiger partial charge < -0.3 is 16.4 Å². The third kappa shape index (κ3) is 3.74. The molecule has 0 saturated carbocycles. The van der Waals surface area contributed by atoms with E-state index in [9.17, 15) is 9.59 Å². The number of nitrogen functional groups attached to an aromatic ring is 1. The topological polar surface area (TPSA) is 139 Å². The van der Waals surface area contributed by atoms with E-state index in [0.29, 0.717) is 11.4 Å². The second kappa shape index (κ2) is 7.39. The Morgan fingerprint density at radius 2 is 1.90 bits per heavy atom. The maximum Gasteiger partial charge on any atom is 0.315 e. The molecule has 0 spiro atoms. The number of amides is 2. The quantitative estimate of drug-likeness (QED) is 0.315. The Balaban J connectivity index is 1.62. The first-order valence-corrected chi connectivity index (χ1v) is 8.72. The van der Waals surface area contributed by atoms with E-state index < -0.39 is 11.8 Å². The number of aromatic nitrogens is 4. The van der Waals surface area contributed by atoms with Gasteiger partial charge in [0.05, 0.1) is 11.9 Å². The van der Waals surface area contributed by atoms with Gasteiger partial charge in [-0.1, -0.05) is 0 Å². The Morgan fingerprint density at radius 3 is 2.66 bits per heavy atom. The summed E-state index contributed by atoms with van der Waals surface area (Å²) in [7, 11) is 0. The van der Waals surface area contributed by atoms with Crippen molar-refractivity contribution in [2.24, 2.45) is 0 Å². The van der Waals surface area contributed by atoms with Crippen molar-refractivity contribution in [3.8, 4) is 11.1 Å². The van der Waals surface area contributed by atoms with Gasteiger partial charge in [0, 0.05) is 41.4 Å². The molecule has 3 aromatic heterocycles. The highest BCUT2D eigenvalue weighted by atomic mass is 16.2. The number of hydrogen-bond donors (Lipinski definition) is 4. The number of aromatic amines is 1. The van der Waals surface area contributed by atoms with E-state index in [1.807, 2.05) is 25.1 Å². The van der Waals surface area contributed by atoms with Crippen molar-refractivity contribution in [1.29, 1.82) is 0 Å². The van der Waals surface area contributed by atoms with Crippen LogP contribution in [0.3, 0.4) is 0 Å². The van der Waals surface area contributed by atoms with E-state index in [0.717, 1.165) is 27.5 Å². The van der Waals surface area contributed by atoms with Gasteiger partial charge in [0.2, 0.25) is 0 Å². The molecule has 0 fully saturated rings. The summed E-state index contributed by atoms with van der Waals surface area (Å²) < 4.78 is 0. The van der Waals surface area contributed by atoms with E-state index in [1.165, 1.54) is 12.4 Å². The highest BCUT2D eigenvalue weighted by Gasteiger charge is 2.16. The normalized spacial score (nSPS) is 10.7. The highest BCUT2D eigenvalue weighted by molar-refractivity contribution is 6.43. The van der Waals surface area contributed by atoms with Crippen LogP contribution in [0.25, 0.3) is 21.9 Å². The second-order valence-electron chi connectivity index (χ2n) is 6.44.